The summed E-state index contributed by atoms with van der Waals surface area (Å²) in [6.45, 7) is 2.22. The maximum Gasteiger partial charge on any atom is 0.0725 e. The predicted octanol–water partition coefficient (Wildman–Crippen LogP) is 14.9. The quantitative estimate of drug-likeness (QED) is 0.166. The van der Waals surface area contributed by atoms with Crippen molar-refractivity contribution in [2.75, 3.05) is 9.80 Å². The van der Waals surface area contributed by atoms with Crippen LogP contribution in [0.2, 0.25) is 0 Å². The molecule has 9 aromatic rings. The molecule has 12 rings (SSSR count). The first-order valence-electron chi connectivity index (χ1n) is 20.2. The molecule has 1 aliphatic heterocycles. The van der Waals surface area contributed by atoms with E-state index in [1.807, 2.05) is 0 Å². The van der Waals surface area contributed by atoms with E-state index < -0.39 is 0 Å². The summed E-state index contributed by atoms with van der Waals surface area (Å²) < 4.78 is 0. The molecule has 0 amide bonds. The Morgan fingerprint density at radius 3 is 1.55 bits per heavy atom. The fourth-order valence-electron chi connectivity index (χ4n) is 10.3. The lowest BCUT2D eigenvalue weighted by atomic mass is 9.70. The van der Waals surface area contributed by atoms with E-state index in [1.54, 1.807) is 0 Å². The molecule has 1 spiro atoms. The molecule has 2 nitrogen and oxygen atoms in total. The molecular formula is C56H38N2. The van der Waals surface area contributed by atoms with Gasteiger partial charge in [0.05, 0.1) is 33.9 Å². The van der Waals surface area contributed by atoms with Crippen LogP contribution in [0, 0.1) is 6.92 Å². The lowest BCUT2D eigenvalue weighted by Crippen LogP contribution is -2.26. The van der Waals surface area contributed by atoms with Crippen LogP contribution in [0.15, 0.2) is 200 Å². The summed E-state index contributed by atoms with van der Waals surface area (Å²) in [6, 6.07) is 73.8. The third-order valence-electron chi connectivity index (χ3n) is 12.6. The number of nitrogens with zero attached hydrogens (tertiary/aromatic N) is 2. The number of benzene rings is 9. The lowest BCUT2D eigenvalue weighted by molar-refractivity contribution is 0.792. The van der Waals surface area contributed by atoms with Gasteiger partial charge >= 0.3 is 0 Å². The number of hydrogen-bond acceptors (Lipinski definition) is 2. The van der Waals surface area contributed by atoms with Gasteiger partial charge in [-0.05, 0) is 116 Å². The van der Waals surface area contributed by atoms with Gasteiger partial charge in [0, 0.05) is 11.1 Å². The Kier molecular flexibility index (Phi) is 7.09. The molecule has 272 valence electrons. The van der Waals surface area contributed by atoms with Crippen molar-refractivity contribution < 1.29 is 0 Å². The Bertz CT molecular complexity index is 3060. The van der Waals surface area contributed by atoms with E-state index in [0.717, 1.165) is 34.1 Å². The summed E-state index contributed by atoms with van der Waals surface area (Å²) >= 11 is 0. The van der Waals surface area contributed by atoms with Crippen molar-refractivity contribution in [2.45, 2.75) is 12.3 Å². The summed E-state index contributed by atoms with van der Waals surface area (Å²) in [7, 11) is 0. The Labute approximate surface area is 339 Å². The van der Waals surface area contributed by atoms with Gasteiger partial charge in [-0.15, -0.1) is 0 Å². The topological polar surface area (TPSA) is 6.48 Å². The molecule has 0 fully saturated rings. The molecule has 0 aromatic heterocycles. The SMILES string of the molecule is Cc1ccc2c(c1)C1(c3ccccc3-c3ccccc31)c1cc(/C=C/c3ccc(N4c5ccccc5N(c5ccccc5)c5ccccc54)c4ccccc34)ccc1-2. The summed E-state index contributed by atoms with van der Waals surface area (Å²) in [5.41, 5.74) is 21.0. The van der Waals surface area contributed by atoms with Crippen LogP contribution in [-0.4, -0.2) is 0 Å². The Morgan fingerprint density at radius 2 is 0.879 bits per heavy atom. The van der Waals surface area contributed by atoms with E-state index in [-0.39, 0.29) is 5.41 Å². The normalized spacial score (nSPS) is 13.9. The summed E-state index contributed by atoms with van der Waals surface area (Å²) in [6.07, 6.45) is 4.61. The van der Waals surface area contributed by atoms with Gasteiger partial charge in [-0.3, -0.25) is 0 Å². The molecular weight excluding hydrogens is 701 g/mol. The van der Waals surface area contributed by atoms with Crippen LogP contribution < -0.4 is 9.80 Å². The van der Waals surface area contributed by atoms with E-state index in [9.17, 15) is 0 Å². The molecule has 2 heteroatoms. The number of para-hydroxylation sites is 5. The van der Waals surface area contributed by atoms with Crippen LogP contribution in [-0.2, 0) is 5.41 Å². The van der Waals surface area contributed by atoms with Gasteiger partial charge in [0.1, 0.15) is 0 Å². The molecule has 0 N–H and O–H groups in total. The first-order valence-corrected chi connectivity index (χ1v) is 20.2. The van der Waals surface area contributed by atoms with Gasteiger partial charge in [-0.2, -0.15) is 0 Å². The van der Waals surface area contributed by atoms with Crippen LogP contribution in [0.3, 0.4) is 0 Å². The van der Waals surface area contributed by atoms with Gasteiger partial charge in [0.15, 0.2) is 0 Å². The summed E-state index contributed by atoms with van der Waals surface area (Å²) in [5.74, 6) is 0. The fraction of sp³-hybridized carbons (Fsp3) is 0.0357. The van der Waals surface area contributed by atoms with Crippen LogP contribution in [0.5, 0.6) is 0 Å². The molecule has 0 unspecified atom stereocenters. The van der Waals surface area contributed by atoms with E-state index >= 15 is 0 Å². The molecule has 58 heavy (non-hydrogen) atoms. The standard InChI is InChI=1S/C56H38N2/c1-37-27-32-44-45-33-29-38(36-50(45)56(49(44)35-37)47-21-9-7-18-42(47)43-19-8-10-22-48(43)56)28-30-39-31-34-51(46-20-6-5-17-41(39)46)58-54-25-13-11-23-52(54)57(40-15-3-2-4-16-40)53-24-12-14-26-55(53)58/h2-36H,1H3/b30-28+. The molecule has 0 atom stereocenters. The van der Waals surface area contributed by atoms with Crippen molar-refractivity contribution in [3.05, 3.63) is 239 Å². The first kappa shape index (κ1) is 32.8. The average molecular weight is 739 g/mol. The van der Waals surface area contributed by atoms with Crippen LogP contribution in [0.4, 0.5) is 34.1 Å². The maximum absolute atomic E-state index is 2.46. The zero-order valence-electron chi connectivity index (χ0n) is 32.1. The zero-order chi connectivity index (χ0) is 38.4. The molecule has 1 heterocycles. The Balaban J connectivity index is 0.990. The monoisotopic (exact) mass is 738 g/mol. The number of fused-ring (bicyclic) bond motifs is 13. The van der Waals surface area contributed by atoms with Gasteiger partial charge in [-0.1, -0.05) is 169 Å². The number of hydrogen-bond donors (Lipinski definition) is 0. The van der Waals surface area contributed by atoms with Crippen LogP contribution in [0.25, 0.3) is 45.2 Å². The van der Waals surface area contributed by atoms with Gasteiger partial charge < -0.3 is 9.80 Å². The molecule has 0 bridgehead atoms. The van der Waals surface area contributed by atoms with Crippen molar-refractivity contribution in [3.63, 3.8) is 0 Å². The van der Waals surface area contributed by atoms with Crippen molar-refractivity contribution in [3.8, 4) is 22.3 Å². The minimum atomic E-state index is -0.362. The smallest absolute Gasteiger partial charge is 0.0725 e. The fourth-order valence-corrected chi connectivity index (χ4v) is 10.3. The maximum atomic E-state index is 2.46. The van der Waals surface area contributed by atoms with E-state index in [4.69, 9.17) is 0 Å². The summed E-state index contributed by atoms with van der Waals surface area (Å²) in [5, 5.41) is 2.43. The van der Waals surface area contributed by atoms with Crippen molar-refractivity contribution in [1.29, 1.82) is 0 Å². The van der Waals surface area contributed by atoms with Gasteiger partial charge in [-0.25, -0.2) is 0 Å². The van der Waals surface area contributed by atoms with Crippen LogP contribution >= 0.6 is 0 Å². The zero-order valence-corrected chi connectivity index (χ0v) is 32.1. The third-order valence-corrected chi connectivity index (χ3v) is 12.6. The molecule has 0 saturated carbocycles. The van der Waals surface area contributed by atoms with E-state index in [0.29, 0.717) is 0 Å². The van der Waals surface area contributed by atoms with Crippen molar-refractivity contribution >= 4 is 57.0 Å². The second-order valence-corrected chi connectivity index (χ2v) is 15.7. The van der Waals surface area contributed by atoms with E-state index in [2.05, 4.69) is 229 Å². The highest BCUT2D eigenvalue weighted by atomic mass is 15.3. The third kappa shape index (κ3) is 4.54. The molecule has 0 saturated heterocycles. The van der Waals surface area contributed by atoms with Crippen molar-refractivity contribution in [2.24, 2.45) is 0 Å². The predicted molar refractivity (Wildman–Crippen MR) is 243 cm³/mol. The highest BCUT2D eigenvalue weighted by Gasteiger charge is 2.51. The van der Waals surface area contributed by atoms with Gasteiger partial charge in [0.25, 0.3) is 0 Å². The second-order valence-electron chi connectivity index (χ2n) is 15.7. The first-order chi connectivity index (χ1) is 28.7. The molecule has 3 aliphatic rings. The Hall–Kier alpha value is -7.42. The lowest BCUT2D eigenvalue weighted by Gasteiger charge is -2.40. The Morgan fingerprint density at radius 1 is 0.362 bits per heavy atom. The summed E-state index contributed by atoms with van der Waals surface area (Å²) in [4.78, 5) is 4.82. The van der Waals surface area contributed by atoms with Gasteiger partial charge in [0.2, 0.25) is 0 Å². The number of rotatable bonds is 4. The average Bonchev–Trinajstić information content (AvgIpc) is 3.74. The highest BCUT2D eigenvalue weighted by Crippen LogP contribution is 2.63. The van der Waals surface area contributed by atoms with E-state index in [1.165, 1.54) is 72.0 Å². The largest absolute Gasteiger partial charge is 0.306 e. The molecule has 9 aromatic carbocycles. The molecule has 0 radical (unpaired) electrons. The number of anilines is 6. The highest BCUT2D eigenvalue weighted by molar-refractivity contribution is 6.09. The van der Waals surface area contributed by atoms with Crippen LogP contribution in [0.1, 0.15) is 38.9 Å². The van der Waals surface area contributed by atoms with Crippen molar-refractivity contribution in [1.82, 2.24) is 0 Å². The number of aryl methyl sites for hydroxylation is 1. The molecule has 2 aliphatic carbocycles. The minimum Gasteiger partial charge on any atom is -0.306 e. The minimum absolute atomic E-state index is 0.362. The second kappa shape index (κ2) is 12.5.